The fraction of sp³-hybridized carbons (Fsp3) is 0.615. The molecule has 0 saturated carbocycles. The maximum absolute atomic E-state index is 12.6. The number of nitrogens with one attached hydrogen (secondary N) is 1. The Bertz CT molecular complexity index is 413. The minimum Gasteiger partial charge on any atom is -0.370 e. The first-order valence-corrected chi connectivity index (χ1v) is 8.18. The molecule has 0 unspecified atom stereocenters. The van der Waals surface area contributed by atoms with Crippen molar-refractivity contribution >= 4 is 29.2 Å². The van der Waals surface area contributed by atoms with Gasteiger partial charge in [-0.05, 0) is 37.0 Å². The van der Waals surface area contributed by atoms with Crippen LogP contribution in [0, 0.1) is 0 Å². The first-order valence-electron chi connectivity index (χ1n) is 6.41. The van der Waals surface area contributed by atoms with Gasteiger partial charge < -0.3 is 5.32 Å². The van der Waals surface area contributed by atoms with E-state index in [1.165, 1.54) is 6.42 Å². The predicted octanol–water partition coefficient (Wildman–Crippen LogP) is 5.09. The van der Waals surface area contributed by atoms with Crippen LogP contribution in [0.15, 0.2) is 12.1 Å². The molecule has 0 aliphatic heterocycles. The third-order valence-electron chi connectivity index (χ3n) is 2.70. The molecule has 0 aliphatic rings. The quantitative estimate of drug-likeness (QED) is 0.532. The highest BCUT2D eigenvalue weighted by Crippen LogP contribution is 2.31. The first-order chi connectivity index (χ1) is 9.43. The zero-order chi connectivity index (χ0) is 15.0. The molecule has 2 nitrogen and oxygen atoms in total. The summed E-state index contributed by atoms with van der Waals surface area (Å²) in [5.74, 6) is 1.33. The first kappa shape index (κ1) is 17.4. The second-order valence-corrected chi connectivity index (χ2v) is 5.77. The number of rotatable bonds is 8. The molecule has 0 saturated heterocycles. The SMILES string of the molecule is CSCCCCCCNc1cc(C(F)(F)F)cc(Cl)n1. The Balaban J connectivity index is 2.39. The van der Waals surface area contributed by atoms with Crippen LogP contribution in [0.25, 0.3) is 0 Å². The summed E-state index contributed by atoms with van der Waals surface area (Å²) in [6.07, 6.45) is 1.95. The Hall–Kier alpha value is -0.620. The van der Waals surface area contributed by atoms with Crippen molar-refractivity contribution in [2.24, 2.45) is 0 Å². The molecule has 20 heavy (non-hydrogen) atoms. The van der Waals surface area contributed by atoms with Crippen LogP contribution >= 0.6 is 23.4 Å². The van der Waals surface area contributed by atoms with Crippen LogP contribution in [0.1, 0.15) is 31.2 Å². The van der Waals surface area contributed by atoms with Crippen molar-refractivity contribution in [3.05, 3.63) is 22.8 Å². The van der Waals surface area contributed by atoms with Gasteiger partial charge in [0.25, 0.3) is 0 Å². The second kappa shape index (κ2) is 8.62. The third-order valence-corrected chi connectivity index (χ3v) is 3.59. The average molecular weight is 327 g/mol. The van der Waals surface area contributed by atoms with Gasteiger partial charge in [0, 0.05) is 6.54 Å². The van der Waals surface area contributed by atoms with Crippen molar-refractivity contribution in [3.8, 4) is 0 Å². The third kappa shape index (κ3) is 6.70. The number of hydrogen-bond acceptors (Lipinski definition) is 3. The number of hydrogen-bond donors (Lipinski definition) is 1. The molecule has 1 N–H and O–H groups in total. The van der Waals surface area contributed by atoms with Gasteiger partial charge >= 0.3 is 6.18 Å². The van der Waals surface area contributed by atoms with Crippen LogP contribution in [0.2, 0.25) is 5.15 Å². The zero-order valence-electron chi connectivity index (χ0n) is 11.3. The highest BCUT2D eigenvalue weighted by Gasteiger charge is 2.31. The van der Waals surface area contributed by atoms with Crippen LogP contribution in [0.3, 0.4) is 0 Å². The van der Waals surface area contributed by atoms with Gasteiger partial charge in [0.2, 0.25) is 0 Å². The van der Waals surface area contributed by atoms with E-state index in [1.807, 2.05) is 11.8 Å². The van der Waals surface area contributed by atoms with Crippen molar-refractivity contribution in [3.63, 3.8) is 0 Å². The average Bonchev–Trinajstić information content (AvgIpc) is 2.36. The smallest absolute Gasteiger partial charge is 0.370 e. The van der Waals surface area contributed by atoms with Crippen molar-refractivity contribution in [1.82, 2.24) is 4.98 Å². The predicted molar refractivity (Wildman–Crippen MR) is 79.6 cm³/mol. The lowest BCUT2D eigenvalue weighted by atomic mass is 10.2. The van der Waals surface area contributed by atoms with Crippen LogP contribution < -0.4 is 5.32 Å². The fourth-order valence-electron chi connectivity index (χ4n) is 1.69. The molecule has 1 aromatic heterocycles. The molecule has 1 rings (SSSR count). The maximum Gasteiger partial charge on any atom is 0.416 e. The molecule has 0 fully saturated rings. The van der Waals surface area contributed by atoms with E-state index in [4.69, 9.17) is 11.6 Å². The summed E-state index contributed by atoms with van der Waals surface area (Å²) in [4.78, 5) is 3.85. The Morgan fingerprint density at radius 1 is 1.20 bits per heavy atom. The van der Waals surface area contributed by atoms with Crippen LogP contribution in [0.5, 0.6) is 0 Å². The fourth-order valence-corrected chi connectivity index (χ4v) is 2.39. The number of aromatic nitrogens is 1. The molecule has 0 bridgehead atoms. The lowest BCUT2D eigenvalue weighted by Crippen LogP contribution is -2.09. The maximum atomic E-state index is 12.6. The normalized spacial score (nSPS) is 11.7. The molecular formula is C13H18ClF3N2S. The van der Waals surface area contributed by atoms with Crippen LogP contribution in [-0.4, -0.2) is 23.5 Å². The number of pyridine rings is 1. The van der Waals surface area contributed by atoms with Crippen molar-refractivity contribution in [2.75, 3.05) is 23.9 Å². The van der Waals surface area contributed by atoms with Gasteiger partial charge in [0.15, 0.2) is 0 Å². The van der Waals surface area contributed by atoms with Gasteiger partial charge in [-0.25, -0.2) is 4.98 Å². The minimum atomic E-state index is -4.40. The van der Waals surface area contributed by atoms with E-state index in [1.54, 1.807) is 0 Å². The number of anilines is 1. The number of nitrogens with zero attached hydrogens (tertiary/aromatic N) is 1. The molecule has 0 radical (unpaired) electrons. The highest BCUT2D eigenvalue weighted by atomic mass is 35.5. The summed E-state index contributed by atoms with van der Waals surface area (Å²) in [6.45, 7) is 0.601. The van der Waals surface area contributed by atoms with E-state index < -0.39 is 11.7 Å². The molecule has 0 spiro atoms. The number of unbranched alkanes of at least 4 members (excludes halogenated alkanes) is 3. The van der Waals surface area contributed by atoms with Crippen molar-refractivity contribution in [1.29, 1.82) is 0 Å². The number of alkyl halides is 3. The molecule has 114 valence electrons. The Labute approximate surface area is 126 Å². The van der Waals surface area contributed by atoms with Gasteiger partial charge in [-0.3, -0.25) is 0 Å². The van der Waals surface area contributed by atoms with Crippen LogP contribution in [-0.2, 0) is 6.18 Å². The minimum absolute atomic E-state index is 0.151. The van der Waals surface area contributed by atoms with Gasteiger partial charge in [-0.15, -0.1) is 0 Å². The van der Waals surface area contributed by atoms with E-state index >= 15 is 0 Å². The van der Waals surface area contributed by atoms with Gasteiger partial charge in [-0.1, -0.05) is 24.4 Å². The molecule has 0 aromatic carbocycles. The Morgan fingerprint density at radius 2 is 1.90 bits per heavy atom. The van der Waals surface area contributed by atoms with Gasteiger partial charge in [0.1, 0.15) is 11.0 Å². The van der Waals surface area contributed by atoms with E-state index in [2.05, 4.69) is 16.6 Å². The molecule has 0 amide bonds. The molecular weight excluding hydrogens is 309 g/mol. The molecule has 1 aromatic rings. The molecule has 0 atom stereocenters. The van der Waals surface area contributed by atoms with E-state index in [-0.39, 0.29) is 11.0 Å². The summed E-state index contributed by atoms with van der Waals surface area (Å²) in [6, 6.07) is 1.81. The topological polar surface area (TPSA) is 24.9 Å². The van der Waals surface area contributed by atoms with Crippen molar-refractivity contribution in [2.45, 2.75) is 31.9 Å². The molecule has 7 heteroatoms. The van der Waals surface area contributed by atoms with E-state index in [0.29, 0.717) is 6.54 Å². The second-order valence-electron chi connectivity index (χ2n) is 4.40. The lowest BCUT2D eigenvalue weighted by Gasteiger charge is -2.10. The molecule has 1 heterocycles. The van der Waals surface area contributed by atoms with Crippen molar-refractivity contribution < 1.29 is 13.2 Å². The standard InChI is InChI=1S/C13H18ClF3N2S/c1-20-7-5-3-2-4-6-18-12-9-10(13(15,16)17)8-11(14)19-12/h8-9H,2-7H2,1H3,(H,18,19). The number of halogens is 4. The summed E-state index contributed by atoms with van der Waals surface area (Å²) in [7, 11) is 0. The summed E-state index contributed by atoms with van der Waals surface area (Å²) >= 11 is 7.42. The summed E-state index contributed by atoms with van der Waals surface area (Å²) in [5.41, 5.74) is -0.778. The van der Waals surface area contributed by atoms with Gasteiger partial charge in [-0.2, -0.15) is 24.9 Å². The Kier molecular flexibility index (Phi) is 7.51. The molecule has 0 aliphatic carbocycles. The highest BCUT2D eigenvalue weighted by molar-refractivity contribution is 7.98. The summed E-state index contributed by atoms with van der Waals surface area (Å²) in [5, 5.41) is 2.74. The monoisotopic (exact) mass is 326 g/mol. The summed E-state index contributed by atoms with van der Waals surface area (Å²) < 4.78 is 37.8. The van der Waals surface area contributed by atoms with Crippen LogP contribution in [0.4, 0.5) is 19.0 Å². The zero-order valence-corrected chi connectivity index (χ0v) is 12.8. The van der Waals surface area contributed by atoms with Gasteiger partial charge in [0.05, 0.1) is 5.56 Å². The van der Waals surface area contributed by atoms with E-state index in [9.17, 15) is 13.2 Å². The lowest BCUT2D eigenvalue weighted by molar-refractivity contribution is -0.137. The largest absolute Gasteiger partial charge is 0.416 e. The Morgan fingerprint density at radius 3 is 2.55 bits per heavy atom. The number of thioether (sulfide) groups is 1. The van der Waals surface area contributed by atoms with E-state index in [0.717, 1.165) is 37.1 Å².